The van der Waals surface area contributed by atoms with E-state index in [2.05, 4.69) is 71.3 Å². The number of benzene rings is 2. The summed E-state index contributed by atoms with van der Waals surface area (Å²) in [7, 11) is 0. The van der Waals surface area contributed by atoms with Gasteiger partial charge in [0.15, 0.2) is 0 Å². The monoisotopic (exact) mass is 320 g/mol. The number of rotatable bonds is 4. The molecule has 24 heavy (non-hydrogen) atoms. The molecule has 2 aromatic carbocycles. The molecular formula is C22H28N2. The highest BCUT2D eigenvalue weighted by Crippen LogP contribution is 2.42. The molecule has 0 saturated heterocycles. The molecule has 2 fully saturated rings. The van der Waals surface area contributed by atoms with E-state index >= 15 is 0 Å². The third-order valence-corrected chi connectivity index (χ3v) is 5.90. The number of para-hydroxylation sites is 2. The fraction of sp³-hybridized carbons (Fsp3) is 0.455. The average molecular weight is 320 g/mol. The molecule has 2 nitrogen and oxygen atoms in total. The van der Waals surface area contributed by atoms with E-state index in [1.54, 1.807) is 0 Å². The first-order valence-electron chi connectivity index (χ1n) is 9.50. The predicted molar refractivity (Wildman–Crippen MR) is 102 cm³/mol. The Hall–Kier alpha value is -1.96. The van der Waals surface area contributed by atoms with Crippen LogP contribution in [-0.2, 0) is 0 Å². The van der Waals surface area contributed by atoms with Crippen molar-refractivity contribution in [3.8, 4) is 0 Å². The Morgan fingerprint density at radius 1 is 0.542 bits per heavy atom. The molecule has 2 N–H and O–H groups in total. The molecule has 0 aliphatic heterocycles. The minimum absolute atomic E-state index is 0.660. The van der Waals surface area contributed by atoms with Crippen molar-refractivity contribution in [3.05, 3.63) is 60.7 Å². The Balaban J connectivity index is 1.30. The Morgan fingerprint density at radius 2 is 0.958 bits per heavy atom. The van der Waals surface area contributed by atoms with Gasteiger partial charge in [-0.3, -0.25) is 0 Å². The molecule has 0 heterocycles. The number of hydrogen-bond acceptors (Lipinski definition) is 2. The zero-order valence-electron chi connectivity index (χ0n) is 14.3. The zero-order valence-corrected chi connectivity index (χ0v) is 14.3. The Kier molecular flexibility index (Phi) is 4.73. The highest BCUT2D eigenvalue weighted by atomic mass is 14.9. The van der Waals surface area contributed by atoms with Crippen LogP contribution in [0.1, 0.15) is 38.5 Å². The summed E-state index contributed by atoms with van der Waals surface area (Å²) in [4.78, 5) is 0. The first-order valence-corrected chi connectivity index (χ1v) is 9.50. The van der Waals surface area contributed by atoms with E-state index in [-0.39, 0.29) is 0 Å². The molecule has 2 heteroatoms. The van der Waals surface area contributed by atoms with Gasteiger partial charge in [-0.25, -0.2) is 0 Å². The average Bonchev–Trinajstić information content (AvgIpc) is 2.64. The Labute approximate surface area is 145 Å². The molecule has 4 rings (SSSR count). The smallest absolute Gasteiger partial charge is 0.0342 e. The van der Waals surface area contributed by atoms with Crippen molar-refractivity contribution in [1.82, 2.24) is 0 Å². The van der Waals surface area contributed by atoms with E-state index in [0.717, 1.165) is 11.8 Å². The van der Waals surface area contributed by atoms with Gasteiger partial charge in [0, 0.05) is 23.5 Å². The highest BCUT2D eigenvalue weighted by Gasteiger charge is 2.35. The largest absolute Gasteiger partial charge is 0.382 e. The maximum Gasteiger partial charge on any atom is 0.0342 e. The lowest BCUT2D eigenvalue weighted by Gasteiger charge is -2.43. The summed E-state index contributed by atoms with van der Waals surface area (Å²) in [6.07, 6.45) is 8.07. The molecule has 2 aromatic rings. The van der Waals surface area contributed by atoms with Crippen molar-refractivity contribution in [2.45, 2.75) is 50.6 Å². The van der Waals surface area contributed by atoms with E-state index in [0.29, 0.717) is 12.1 Å². The zero-order chi connectivity index (χ0) is 16.2. The lowest BCUT2D eigenvalue weighted by molar-refractivity contribution is 0.154. The molecule has 0 spiro atoms. The number of nitrogens with one attached hydrogen (secondary N) is 2. The lowest BCUT2D eigenvalue weighted by atomic mass is 9.68. The highest BCUT2D eigenvalue weighted by molar-refractivity contribution is 5.44. The van der Waals surface area contributed by atoms with Crippen LogP contribution < -0.4 is 10.6 Å². The normalized spacial score (nSPS) is 29.5. The molecule has 2 aliphatic rings. The topological polar surface area (TPSA) is 24.1 Å². The van der Waals surface area contributed by atoms with Crippen molar-refractivity contribution < 1.29 is 0 Å². The fourth-order valence-electron chi connectivity index (χ4n) is 4.69. The van der Waals surface area contributed by atoms with Crippen molar-refractivity contribution in [1.29, 1.82) is 0 Å². The second-order valence-corrected chi connectivity index (χ2v) is 7.56. The summed E-state index contributed by atoms with van der Waals surface area (Å²) in [6, 6.07) is 22.7. The van der Waals surface area contributed by atoms with Gasteiger partial charge in [-0.2, -0.15) is 0 Å². The fourth-order valence-corrected chi connectivity index (χ4v) is 4.69. The van der Waals surface area contributed by atoms with Crippen LogP contribution >= 0.6 is 0 Å². The van der Waals surface area contributed by atoms with Crippen molar-refractivity contribution in [3.63, 3.8) is 0 Å². The summed E-state index contributed by atoms with van der Waals surface area (Å²) in [5, 5.41) is 7.50. The van der Waals surface area contributed by atoms with E-state index in [4.69, 9.17) is 0 Å². The molecule has 2 aliphatic carbocycles. The van der Waals surface area contributed by atoms with Gasteiger partial charge < -0.3 is 10.6 Å². The van der Waals surface area contributed by atoms with Crippen LogP contribution in [0.3, 0.4) is 0 Å². The lowest BCUT2D eigenvalue weighted by Crippen LogP contribution is -2.39. The van der Waals surface area contributed by atoms with Crippen LogP contribution in [0.2, 0.25) is 0 Å². The molecule has 3 unspecified atom stereocenters. The van der Waals surface area contributed by atoms with E-state index in [1.807, 2.05) is 0 Å². The van der Waals surface area contributed by atoms with Crippen LogP contribution in [0.5, 0.6) is 0 Å². The summed E-state index contributed by atoms with van der Waals surface area (Å²) in [5.41, 5.74) is 2.56. The molecule has 126 valence electrons. The summed E-state index contributed by atoms with van der Waals surface area (Å²) in [6.45, 7) is 0. The first-order chi connectivity index (χ1) is 11.9. The molecular weight excluding hydrogens is 292 g/mol. The van der Waals surface area contributed by atoms with E-state index < -0.39 is 0 Å². The maximum absolute atomic E-state index is 3.75. The standard InChI is InChI=1S/C22H28N2/c1-3-7-19(8-4-1)23-21-13-11-18-16-22(14-12-17(18)15-21)24-20-9-5-2-6-10-20/h1-10,17-18,21-24H,11-16H2/t17?,18?,21-,22?/m0/s1. The summed E-state index contributed by atoms with van der Waals surface area (Å²) in [5.74, 6) is 1.82. The van der Waals surface area contributed by atoms with Crippen LogP contribution in [0, 0.1) is 11.8 Å². The van der Waals surface area contributed by atoms with Crippen molar-refractivity contribution in [2.24, 2.45) is 11.8 Å². The van der Waals surface area contributed by atoms with Gasteiger partial charge in [-0.15, -0.1) is 0 Å². The SMILES string of the molecule is c1ccc(NC2CCC3C[C@@H](Nc4ccccc4)CCC3C2)cc1. The van der Waals surface area contributed by atoms with Gasteiger partial charge in [0.25, 0.3) is 0 Å². The Morgan fingerprint density at radius 3 is 1.38 bits per heavy atom. The number of anilines is 2. The van der Waals surface area contributed by atoms with Gasteiger partial charge in [-0.05, 0) is 74.6 Å². The molecule has 0 amide bonds. The minimum Gasteiger partial charge on any atom is -0.382 e. The third-order valence-electron chi connectivity index (χ3n) is 5.90. The van der Waals surface area contributed by atoms with Gasteiger partial charge in [-0.1, -0.05) is 36.4 Å². The first kappa shape index (κ1) is 15.6. The second kappa shape index (κ2) is 7.29. The molecule has 0 radical (unpaired) electrons. The second-order valence-electron chi connectivity index (χ2n) is 7.56. The molecule has 4 atom stereocenters. The summed E-state index contributed by atoms with van der Waals surface area (Å²) < 4.78 is 0. The minimum atomic E-state index is 0.660. The number of hydrogen-bond donors (Lipinski definition) is 2. The van der Waals surface area contributed by atoms with Gasteiger partial charge >= 0.3 is 0 Å². The van der Waals surface area contributed by atoms with Crippen LogP contribution in [0.4, 0.5) is 11.4 Å². The van der Waals surface area contributed by atoms with Crippen LogP contribution in [-0.4, -0.2) is 12.1 Å². The van der Waals surface area contributed by atoms with Crippen LogP contribution in [0.25, 0.3) is 0 Å². The number of fused-ring (bicyclic) bond motifs is 1. The predicted octanol–water partition coefficient (Wildman–Crippen LogP) is 5.55. The molecule has 2 saturated carbocycles. The van der Waals surface area contributed by atoms with Gasteiger partial charge in [0.2, 0.25) is 0 Å². The van der Waals surface area contributed by atoms with Crippen LogP contribution in [0.15, 0.2) is 60.7 Å². The molecule has 0 bridgehead atoms. The van der Waals surface area contributed by atoms with Gasteiger partial charge in [0.1, 0.15) is 0 Å². The summed E-state index contributed by atoms with van der Waals surface area (Å²) >= 11 is 0. The van der Waals surface area contributed by atoms with E-state index in [1.165, 1.54) is 49.9 Å². The van der Waals surface area contributed by atoms with E-state index in [9.17, 15) is 0 Å². The molecule has 0 aromatic heterocycles. The third kappa shape index (κ3) is 3.75. The van der Waals surface area contributed by atoms with Crippen molar-refractivity contribution >= 4 is 11.4 Å². The van der Waals surface area contributed by atoms with Crippen molar-refractivity contribution in [2.75, 3.05) is 10.6 Å². The maximum atomic E-state index is 3.75. The quantitative estimate of drug-likeness (QED) is 0.772. The van der Waals surface area contributed by atoms with Gasteiger partial charge in [0.05, 0.1) is 0 Å². The Bertz CT molecular complexity index is 567.